The standard InChI is InChI=1S/C17H31N3O3S.ClH/c1-24(22,23)20-15-7-3-6-13(15)10-19-17(21)14-8-11-4-2-5-12(9-14)16(11)18;/h11-16,20H,2-10,18H2,1H3,(H,19,21);1H. The maximum atomic E-state index is 12.6. The zero-order valence-corrected chi connectivity index (χ0v) is 16.6. The molecule has 0 radical (unpaired) electrons. The molecule has 0 aliphatic heterocycles. The molecular formula is C17H32ClN3O3S. The molecule has 6 nitrogen and oxygen atoms in total. The van der Waals surface area contributed by atoms with Crippen LogP contribution >= 0.6 is 12.4 Å². The van der Waals surface area contributed by atoms with Crippen molar-refractivity contribution in [2.24, 2.45) is 29.4 Å². The van der Waals surface area contributed by atoms with E-state index in [1.54, 1.807) is 0 Å². The minimum Gasteiger partial charge on any atom is -0.356 e. The van der Waals surface area contributed by atoms with Crippen LogP contribution in [0, 0.1) is 23.7 Å². The fourth-order valence-electron chi connectivity index (χ4n) is 5.09. The van der Waals surface area contributed by atoms with Crippen molar-refractivity contribution < 1.29 is 13.2 Å². The molecule has 0 aromatic rings. The number of hydrogen-bond acceptors (Lipinski definition) is 4. The maximum absolute atomic E-state index is 12.6. The third-order valence-electron chi connectivity index (χ3n) is 6.35. The van der Waals surface area contributed by atoms with Crippen LogP contribution in [0.3, 0.4) is 0 Å². The predicted octanol–water partition coefficient (Wildman–Crippen LogP) is 1.40. The zero-order valence-electron chi connectivity index (χ0n) is 14.9. The molecule has 0 saturated heterocycles. The summed E-state index contributed by atoms with van der Waals surface area (Å²) in [6.45, 7) is 0.573. The highest BCUT2D eigenvalue weighted by Crippen LogP contribution is 2.41. The van der Waals surface area contributed by atoms with Gasteiger partial charge in [-0.1, -0.05) is 12.8 Å². The molecule has 4 atom stereocenters. The van der Waals surface area contributed by atoms with Crippen molar-refractivity contribution in [3.8, 4) is 0 Å². The van der Waals surface area contributed by atoms with Crippen molar-refractivity contribution in [2.45, 2.75) is 63.5 Å². The first-order chi connectivity index (χ1) is 11.3. The predicted molar refractivity (Wildman–Crippen MR) is 101 cm³/mol. The number of hydrogen-bond donors (Lipinski definition) is 3. The van der Waals surface area contributed by atoms with Crippen LogP contribution in [0.15, 0.2) is 0 Å². The Morgan fingerprint density at radius 3 is 2.28 bits per heavy atom. The molecule has 3 fully saturated rings. The summed E-state index contributed by atoms with van der Waals surface area (Å²) in [4.78, 5) is 12.6. The van der Waals surface area contributed by atoms with Gasteiger partial charge in [-0.05, 0) is 56.3 Å². The molecule has 0 aromatic heterocycles. The van der Waals surface area contributed by atoms with Gasteiger partial charge in [0.1, 0.15) is 0 Å². The van der Waals surface area contributed by atoms with E-state index < -0.39 is 10.0 Å². The lowest BCUT2D eigenvalue weighted by Gasteiger charge is -2.43. The Kier molecular flexibility index (Phi) is 7.16. The van der Waals surface area contributed by atoms with Gasteiger partial charge < -0.3 is 11.1 Å². The van der Waals surface area contributed by atoms with Crippen LogP contribution in [-0.2, 0) is 14.8 Å². The van der Waals surface area contributed by atoms with Gasteiger partial charge in [0.05, 0.1) is 6.26 Å². The normalized spacial score (nSPS) is 38.0. The summed E-state index contributed by atoms with van der Waals surface area (Å²) in [5.41, 5.74) is 6.30. The Morgan fingerprint density at radius 1 is 1.08 bits per heavy atom. The van der Waals surface area contributed by atoms with Crippen molar-refractivity contribution in [3.63, 3.8) is 0 Å². The van der Waals surface area contributed by atoms with Crippen molar-refractivity contribution in [3.05, 3.63) is 0 Å². The van der Waals surface area contributed by atoms with Gasteiger partial charge in [0.15, 0.2) is 0 Å². The highest BCUT2D eigenvalue weighted by molar-refractivity contribution is 7.88. The van der Waals surface area contributed by atoms with Crippen LogP contribution in [-0.4, -0.2) is 39.2 Å². The minimum absolute atomic E-state index is 0. The molecule has 3 aliphatic carbocycles. The van der Waals surface area contributed by atoms with E-state index in [9.17, 15) is 13.2 Å². The fourth-order valence-corrected chi connectivity index (χ4v) is 5.95. The van der Waals surface area contributed by atoms with Gasteiger partial charge >= 0.3 is 0 Å². The number of nitrogens with two attached hydrogens (primary N) is 1. The molecule has 4 N–H and O–H groups in total. The first-order valence-corrected chi connectivity index (χ1v) is 11.2. The first-order valence-electron chi connectivity index (χ1n) is 9.34. The quantitative estimate of drug-likeness (QED) is 0.656. The van der Waals surface area contributed by atoms with E-state index in [0.717, 1.165) is 44.9 Å². The maximum Gasteiger partial charge on any atom is 0.223 e. The number of rotatable bonds is 5. The second-order valence-electron chi connectivity index (χ2n) is 8.13. The molecule has 3 saturated carbocycles. The van der Waals surface area contributed by atoms with Crippen LogP contribution in [0.1, 0.15) is 51.4 Å². The van der Waals surface area contributed by atoms with E-state index in [0.29, 0.717) is 18.4 Å². The zero-order chi connectivity index (χ0) is 17.3. The molecule has 3 aliphatic rings. The summed E-state index contributed by atoms with van der Waals surface area (Å²) >= 11 is 0. The molecule has 4 unspecified atom stereocenters. The fraction of sp³-hybridized carbons (Fsp3) is 0.941. The Morgan fingerprint density at radius 2 is 1.68 bits per heavy atom. The summed E-state index contributed by atoms with van der Waals surface area (Å²) in [6.07, 6.45) is 9.43. The molecule has 146 valence electrons. The lowest BCUT2D eigenvalue weighted by Crippen LogP contribution is -2.50. The summed E-state index contributed by atoms with van der Waals surface area (Å²) in [6, 6.07) is 0.237. The van der Waals surface area contributed by atoms with Gasteiger partial charge in [-0.2, -0.15) is 0 Å². The average Bonchev–Trinajstić information content (AvgIpc) is 2.89. The van der Waals surface area contributed by atoms with E-state index in [1.807, 2.05) is 0 Å². The first kappa shape index (κ1) is 20.9. The number of amides is 1. The third-order valence-corrected chi connectivity index (χ3v) is 7.08. The number of carbonyl (C=O) groups is 1. The van der Waals surface area contributed by atoms with Gasteiger partial charge in [-0.25, -0.2) is 13.1 Å². The van der Waals surface area contributed by atoms with Crippen LogP contribution < -0.4 is 15.8 Å². The number of halogens is 1. The highest BCUT2D eigenvalue weighted by atomic mass is 35.5. The van der Waals surface area contributed by atoms with Gasteiger partial charge in [0.2, 0.25) is 15.9 Å². The van der Waals surface area contributed by atoms with Crippen LogP contribution in [0.2, 0.25) is 0 Å². The summed E-state index contributed by atoms with van der Waals surface area (Å²) in [5, 5.41) is 3.10. The van der Waals surface area contributed by atoms with Crippen molar-refractivity contribution in [1.82, 2.24) is 10.0 Å². The second-order valence-corrected chi connectivity index (χ2v) is 9.91. The topological polar surface area (TPSA) is 101 Å². The van der Waals surface area contributed by atoms with Gasteiger partial charge in [0.25, 0.3) is 0 Å². The Bertz CT molecular complexity index is 557. The van der Waals surface area contributed by atoms with E-state index in [4.69, 9.17) is 5.73 Å². The molecule has 0 spiro atoms. The van der Waals surface area contributed by atoms with Crippen molar-refractivity contribution in [1.29, 1.82) is 0 Å². The summed E-state index contributed by atoms with van der Waals surface area (Å²) < 4.78 is 25.6. The molecular weight excluding hydrogens is 362 g/mol. The van der Waals surface area contributed by atoms with Crippen LogP contribution in [0.25, 0.3) is 0 Å². The Balaban J connectivity index is 0.00000225. The van der Waals surface area contributed by atoms with E-state index in [2.05, 4.69) is 10.0 Å². The monoisotopic (exact) mass is 393 g/mol. The Labute approximate surface area is 157 Å². The number of nitrogens with one attached hydrogen (secondary N) is 2. The minimum atomic E-state index is -3.19. The van der Waals surface area contributed by atoms with Gasteiger partial charge in [-0.15, -0.1) is 12.4 Å². The second kappa shape index (κ2) is 8.55. The lowest BCUT2D eigenvalue weighted by molar-refractivity contribution is -0.128. The van der Waals surface area contributed by atoms with E-state index in [1.165, 1.54) is 12.7 Å². The largest absolute Gasteiger partial charge is 0.356 e. The molecule has 25 heavy (non-hydrogen) atoms. The molecule has 0 aromatic carbocycles. The average molecular weight is 394 g/mol. The third kappa shape index (κ3) is 5.31. The molecule has 1 amide bonds. The van der Waals surface area contributed by atoms with Gasteiger partial charge in [-0.3, -0.25) is 4.79 Å². The molecule has 2 bridgehead atoms. The molecule has 0 heterocycles. The Hall–Kier alpha value is -0.370. The molecule has 3 rings (SSSR count). The van der Waals surface area contributed by atoms with E-state index in [-0.39, 0.29) is 42.2 Å². The van der Waals surface area contributed by atoms with Gasteiger partial charge in [0, 0.05) is 24.5 Å². The SMILES string of the molecule is CS(=O)(=O)NC1CCCC1CNC(=O)C1CC2CCCC(C1)C2N.Cl. The van der Waals surface area contributed by atoms with Crippen LogP contribution in [0.4, 0.5) is 0 Å². The summed E-state index contributed by atoms with van der Waals surface area (Å²) in [5.74, 6) is 1.43. The van der Waals surface area contributed by atoms with Crippen LogP contribution in [0.5, 0.6) is 0 Å². The smallest absolute Gasteiger partial charge is 0.223 e. The van der Waals surface area contributed by atoms with Crippen molar-refractivity contribution in [2.75, 3.05) is 12.8 Å². The highest BCUT2D eigenvalue weighted by Gasteiger charge is 2.40. The number of sulfonamides is 1. The van der Waals surface area contributed by atoms with Crippen molar-refractivity contribution >= 4 is 28.3 Å². The van der Waals surface area contributed by atoms with E-state index >= 15 is 0 Å². The molecule has 8 heteroatoms. The lowest BCUT2D eigenvalue weighted by atomic mass is 9.65. The number of carbonyl (C=O) groups excluding carboxylic acids is 1. The number of fused-ring (bicyclic) bond motifs is 2. The summed E-state index contributed by atoms with van der Waals surface area (Å²) in [7, 11) is -3.19.